The van der Waals surface area contributed by atoms with Crippen LogP contribution in [0.15, 0.2) is 42.7 Å². The quantitative estimate of drug-likeness (QED) is 0.361. The summed E-state index contributed by atoms with van der Waals surface area (Å²) >= 11 is 11.9. The van der Waals surface area contributed by atoms with Crippen molar-refractivity contribution in [3.63, 3.8) is 0 Å². The number of fused-ring (bicyclic) bond motifs is 1. The molecule has 0 unspecified atom stereocenters. The van der Waals surface area contributed by atoms with E-state index in [-0.39, 0.29) is 24.9 Å². The summed E-state index contributed by atoms with van der Waals surface area (Å²) < 4.78 is 16.1. The van der Waals surface area contributed by atoms with Crippen LogP contribution in [-0.2, 0) is 11.3 Å². The average Bonchev–Trinajstić information content (AvgIpc) is 3.25. The van der Waals surface area contributed by atoms with Gasteiger partial charge < -0.3 is 25.3 Å². The summed E-state index contributed by atoms with van der Waals surface area (Å²) in [6.07, 6.45) is 1.32. The Balaban J connectivity index is 1.30. The molecule has 0 aliphatic carbocycles. The molecule has 0 atom stereocenters. The number of carbonyl (C=O) groups excluding carboxylic acids is 1. The van der Waals surface area contributed by atoms with E-state index in [9.17, 15) is 4.79 Å². The highest BCUT2D eigenvalue weighted by Gasteiger charge is 2.14. The molecule has 0 bridgehead atoms. The maximum Gasteiger partial charge on any atom is 0.276 e. The highest BCUT2D eigenvalue weighted by Crippen LogP contribution is 2.33. The van der Waals surface area contributed by atoms with E-state index in [0.717, 1.165) is 5.56 Å². The molecule has 0 spiro atoms. The van der Waals surface area contributed by atoms with Crippen LogP contribution in [0.2, 0.25) is 10.0 Å². The summed E-state index contributed by atoms with van der Waals surface area (Å²) in [5.74, 6) is 1.89. The maximum atomic E-state index is 12.1. The van der Waals surface area contributed by atoms with Crippen LogP contribution in [0.5, 0.6) is 17.2 Å². The molecule has 0 saturated heterocycles. The van der Waals surface area contributed by atoms with Crippen molar-refractivity contribution < 1.29 is 19.0 Å². The zero-order valence-corrected chi connectivity index (χ0v) is 18.0. The first-order valence-corrected chi connectivity index (χ1v) is 10.1. The number of nitrogens with two attached hydrogens (primary N) is 1. The molecule has 1 amide bonds. The second kappa shape index (κ2) is 9.67. The zero-order chi connectivity index (χ0) is 22.5. The number of amides is 1. The largest absolute Gasteiger partial charge is 0.482 e. The van der Waals surface area contributed by atoms with E-state index in [1.807, 2.05) is 18.2 Å². The summed E-state index contributed by atoms with van der Waals surface area (Å²) in [5, 5.41) is 3.90. The van der Waals surface area contributed by atoms with Crippen molar-refractivity contribution in [3.05, 3.63) is 58.3 Å². The third kappa shape index (κ3) is 5.16. The minimum absolute atomic E-state index is 0.212. The maximum absolute atomic E-state index is 12.1. The molecule has 10 nitrogen and oxygen atoms in total. The van der Waals surface area contributed by atoms with Gasteiger partial charge in [0.25, 0.3) is 5.91 Å². The molecule has 1 aliphatic heterocycles. The van der Waals surface area contributed by atoms with Crippen molar-refractivity contribution in [2.75, 3.05) is 29.9 Å². The molecule has 12 heteroatoms. The fraction of sp³-hybridized carbons (Fsp3) is 0.150. The molecule has 3 aromatic rings. The Hall–Kier alpha value is -3.63. The van der Waals surface area contributed by atoms with Crippen LogP contribution in [-0.4, -0.2) is 29.3 Å². The van der Waals surface area contributed by atoms with Crippen LogP contribution in [0.1, 0.15) is 5.56 Å². The van der Waals surface area contributed by atoms with Gasteiger partial charge in [-0.2, -0.15) is 0 Å². The first-order chi connectivity index (χ1) is 15.5. The molecule has 1 aliphatic rings. The number of nitrogen functional groups attached to an aromatic ring is 1. The highest BCUT2D eigenvalue weighted by atomic mass is 35.5. The molecule has 4 rings (SSSR count). The second-order valence-electron chi connectivity index (χ2n) is 6.56. The van der Waals surface area contributed by atoms with Crippen LogP contribution in [0, 0.1) is 0 Å². The van der Waals surface area contributed by atoms with Gasteiger partial charge in [0.2, 0.25) is 6.79 Å². The second-order valence-corrected chi connectivity index (χ2v) is 7.41. The predicted octanol–water partition coefficient (Wildman–Crippen LogP) is 3.23. The van der Waals surface area contributed by atoms with Gasteiger partial charge in [-0.3, -0.25) is 15.6 Å². The van der Waals surface area contributed by atoms with E-state index < -0.39 is 5.91 Å². The van der Waals surface area contributed by atoms with E-state index in [2.05, 4.69) is 26.1 Å². The standard InChI is InChI=1S/C20H18Cl2N6O4/c21-12-2-4-14(13(22)6-12)30-8-17(29)27-28-20-18(23)19(25-9-26-20)24-7-11-1-3-15-16(5-11)32-10-31-15/h1-6,9H,7-8,10,23H2,(H,27,29)(H2,24,25,26,28). The number of halogens is 2. The van der Waals surface area contributed by atoms with Gasteiger partial charge in [0.15, 0.2) is 29.7 Å². The minimum Gasteiger partial charge on any atom is -0.482 e. The average molecular weight is 477 g/mol. The van der Waals surface area contributed by atoms with Crippen LogP contribution < -0.4 is 36.1 Å². The molecule has 2 aromatic carbocycles. The fourth-order valence-electron chi connectivity index (χ4n) is 2.77. The Morgan fingerprint density at radius 3 is 2.75 bits per heavy atom. The van der Waals surface area contributed by atoms with Crippen molar-refractivity contribution in [2.24, 2.45) is 0 Å². The van der Waals surface area contributed by atoms with Gasteiger partial charge in [0, 0.05) is 11.6 Å². The number of aromatic nitrogens is 2. The Bertz CT molecular complexity index is 1150. The van der Waals surface area contributed by atoms with Crippen LogP contribution in [0.3, 0.4) is 0 Å². The van der Waals surface area contributed by atoms with Crippen LogP contribution in [0.4, 0.5) is 17.3 Å². The number of hydrogen-bond acceptors (Lipinski definition) is 9. The van der Waals surface area contributed by atoms with Crippen molar-refractivity contribution in [2.45, 2.75) is 6.54 Å². The van der Waals surface area contributed by atoms with Gasteiger partial charge in [0.05, 0.1) is 5.02 Å². The molecule has 32 heavy (non-hydrogen) atoms. The molecular formula is C20H18Cl2N6O4. The number of rotatable bonds is 8. The molecule has 1 aromatic heterocycles. The van der Waals surface area contributed by atoms with Gasteiger partial charge in [-0.05, 0) is 35.9 Å². The minimum atomic E-state index is -0.469. The molecular weight excluding hydrogens is 459 g/mol. The lowest BCUT2D eigenvalue weighted by Gasteiger charge is -2.14. The van der Waals surface area contributed by atoms with E-state index in [0.29, 0.717) is 39.7 Å². The lowest BCUT2D eigenvalue weighted by molar-refractivity contribution is -0.122. The number of carbonyl (C=O) groups is 1. The van der Waals surface area contributed by atoms with Gasteiger partial charge >= 0.3 is 0 Å². The third-order valence-electron chi connectivity index (χ3n) is 4.35. The molecule has 166 valence electrons. The molecule has 0 fully saturated rings. The topological polar surface area (TPSA) is 133 Å². The van der Waals surface area contributed by atoms with Crippen molar-refractivity contribution in [1.29, 1.82) is 0 Å². The van der Waals surface area contributed by atoms with Gasteiger partial charge in [-0.25, -0.2) is 9.97 Å². The summed E-state index contributed by atoms with van der Waals surface area (Å²) in [5.41, 5.74) is 12.4. The van der Waals surface area contributed by atoms with Gasteiger partial charge in [-0.1, -0.05) is 29.3 Å². The SMILES string of the molecule is Nc1c(NCc2ccc3c(c2)OCO3)ncnc1NNC(=O)COc1ccc(Cl)cc1Cl. The van der Waals surface area contributed by atoms with Crippen molar-refractivity contribution in [3.8, 4) is 17.2 Å². The Morgan fingerprint density at radius 2 is 1.91 bits per heavy atom. The number of hydrazine groups is 1. The third-order valence-corrected chi connectivity index (χ3v) is 4.88. The summed E-state index contributed by atoms with van der Waals surface area (Å²) in [4.78, 5) is 20.3. The van der Waals surface area contributed by atoms with Crippen molar-refractivity contribution >= 4 is 46.4 Å². The number of benzene rings is 2. The molecule has 0 saturated carbocycles. The van der Waals surface area contributed by atoms with E-state index in [1.165, 1.54) is 12.4 Å². The zero-order valence-electron chi connectivity index (χ0n) is 16.5. The number of nitrogens with zero attached hydrogens (tertiary/aromatic N) is 2. The number of anilines is 3. The smallest absolute Gasteiger partial charge is 0.276 e. The Morgan fingerprint density at radius 1 is 1.09 bits per heavy atom. The monoisotopic (exact) mass is 476 g/mol. The summed E-state index contributed by atoms with van der Waals surface area (Å²) in [6.45, 7) is 0.373. The Labute approximate surface area is 193 Å². The molecule has 2 heterocycles. The summed E-state index contributed by atoms with van der Waals surface area (Å²) in [6, 6.07) is 10.3. The normalized spacial score (nSPS) is 11.7. The summed E-state index contributed by atoms with van der Waals surface area (Å²) in [7, 11) is 0. The van der Waals surface area contributed by atoms with Gasteiger partial charge in [0.1, 0.15) is 17.8 Å². The fourth-order valence-corrected chi connectivity index (χ4v) is 3.24. The van der Waals surface area contributed by atoms with E-state index in [4.69, 9.17) is 43.1 Å². The predicted molar refractivity (Wildman–Crippen MR) is 120 cm³/mol. The number of hydrogen-bond donors (Lipinski definition) is 4. The first-order valence-electron chi connectivity index (χ1n) is 9.35. The van der Waals surface area contributed by atoms with Gasteiger partial charge in [-0.15, -0.1) is 0 Å². The van der Waals surface area contributed by atoms with Crippen molar-refractivity contribution in [1.82, 2.24) is 15.4 Å². The van der Waals surface area contributed by atoms with E-state index >= 15 is 0 Å². The lowest BCUT2D eigenvalue weighted by Crippen LogP contribution is -2.34. The number of nitrogens with one attached hydrogen (secondary N) is 3. The molecule has 5 N–H and O–H groups in total. The van der Waals surface area contributed by atoms with Crippen LogP contribution >= 0.6 is 23.2 Å². The molecule has 0 radical (unpaired) electrons. The van der Waals surface area contributed by atoms with Crippen LogP contribution in [0.25, 0.3) is 0 Å². The lowest BCUT2D eigenvalue weighted by atomic mass is 10.2. The Kier molecular flexibility index (Phi) is 6.52. The number of ether oxygens (including phenoxy) is 3. The highest BCUT2D eigenvalue weighted by molar-refractivity contribution is 6.35. The van der Waals surface area contributed by atoms with E-state index in [1.54, 1.807) is 12.1 Å². The first kappa shape index (κ1) is 21.6.